The fourth-order valence-electron chi connectivity index (χ4n) is 4.27. The van der Waals surface area contributed by atoms with Crippen molar-refractivity contribution in [3.63, 3.8) is 0 Å². The monoisotopic (exact) mass is 500 g/mol. The summed E-state index contributed by atoms with van der Waals surface area (Å²) in [6.45, 7) is 0. The van der Waals surface area contributed by atoms with Crippen LogP contribution in [0, 0.1) is 0 Å². The van der Waals surface area contributed by atoms with Crippen molar-refractivity contribution in [2.45, 2.75) is 11.6 Å². The van der Waals surface area contributed by atoms with Gasteiger partial charge in [0.15, 0.2) is 0 Å². The van der Waals surface area contributed by atoms with E-state index in [-0.39, 0.29) is 0 Å². The zero-order valence-electron chi connectivity index (χ0n) is 17.2. The third-order valence-electron chi connectivity index (χ3n) is 5.70. The van der Waals surface area contributed by atoms with Gasteiger partial charge in [-0.3, -0.25) is 0 Å². The second-order valence-electron chi connectivity index (χ2n) is 7.58. The first-order valence-electron chi connectivity index (χ1n) is 10.3. The molecular weight excluding hydrogens is 480 g/mol. The van der Waals surface area contributed by atoms with Crippen molar-refractivity contribution in [1.29, 1.82) is 0 Å². The topological polar surface area (TPSA) is 38.0 Å². The number of aromatic nitrogens is 2. The van der Waals surface area contributed by atoms with Crippen LogP contribution < -0.4 is 0 Å². The quantitative estimate of drug-likeness (QED) is 0.265. The van der Waals surface area contributed by atoms with Crippen LogP contribution in [0.25, 0.3) is 0 Å². The molecule has 0 saturated carbocycles. The van der Waals surface area contributed by atoms with Crippen LogP contribution in [-0.4, -0.2) is 14.7 Å². The van der Waals surface area contributed by atoms with Crippen LogP contribution in [0.4, 0.5) is 0 Å². The van der Waals surface area contributed by atoms with Crippen molar-refractivity contribution in [1.82, 2.24) is 9.55 Å². The van der Waals surface area contributed by atoms with Gasteiger partial charge in [0.25, 0.3) is 0 Å². The fourth-order valence-corrected chi connectivity index (χ4v) is 5.71. The molecule has 2 aromatic heterocycles. The van der Waals surface area contributed by atoms with Crippen LogP contribution in [0.15, 0.2) is 119 Å². The third-order valence-corrected chi connectivity index (χ3v) is 7.45. The number of aliphatic hydroxyl groups excluding tert-OH is 1. The van der Waals surface area contributed by atoms with Crippen LogP contribution in [-0.2, 0) is 5.54 Å². The third kappa shape index (κ3) is 3.62. The largest absolute Gasteiger partial charge is 0.381 e. The molecular formula is C27H21BrN2OS. The number of nitrogens with zero attached hydrogens (tertiary/aromatic N) is 2. The van der Waals surface area contributed by atoms with Gasteiger partial charge in [0.2, 0.25) is 0 Å². The Morgan fingerprint density at radius 2 is 1.31 bits per heavy atom. The number of imidazole rings is 1. The normalized spacial score (nSPS) is 12.6. The van der Waals surface area contributed by atoms with Crippen LogP contribution >= 0.6 is 27.3 Å². The molecule has 0 amide bonds. The standard InChI is InChI=1S/C27H21BrN2OS/c28-23-16-25(32-18-23)26(31)24-17-30(19-29-24)27(20-10-4-1-5-11-20,21-12-6-2-7-13-21)22-14-8-3-9-15-22/h1-19,26,31H. The summed E-state index contributed by atoms with van der Waals surface area (Å²) in [5.41, 5.74) is 3.34. The maximum absolute atomic E-state index is 11.0. The Balaban J connectivity index is 1.75. The van der Waals surface area contributed by atoms with Crippen molar-refractivity contribution in [3.05, 3.63) is 147 Å². The summed E-state index contributed by atoms with van der Waals surface area (Å²) < 4.78 is 3.08. The van der Waals surface area contributed by atoms with E-state index < -0.39 is 11.6 Å². The van der Waals surface area contributed by atoms with Gasteiger partial charge < -0.3 is 9.67 Å². The van der Waals surface area contributed by atoms with Gasteiger partial charge in [-0.15, -0.1) is 11.3 Å². The van der Waals surface area contributed by atoms with Gasteiger partial charge in [0.1, 0.15) is 11.6 Å². The summed E-state index contributed by atoms with van der Waals surface area (Å²) in [6, 6.07) is 33.3. The van der Waals surface area contributed by atoms with Crippen LogP contribution in [0.5, 0.6) is 0 Å². The Morgan fingerprint density at radius 1 is 0.812 bits per heavy atom. The highest BCUT2D eigenvalue weighted by Crippen LogP contribution is 2.41. The highest BCUT2D eigenvalue weighted by atomic mass is 79.9. The van der Waals surface area contributed by atoms with Gasteiger partial charge in [-0.1, -0.05) is 91.0 Å². The molecule has 3 aromatic carbocycles. The maximum Gasteiger partial charge on any atom is 0.132 e. The van der Waals surface area contributed by atoms with E-state index in [4.69, 9.17) is 0 Å². The molecule has 2 heterocycles. The van der Waals surface area contributed by atoms with Gasteiger partial charge in [-0.05, 0) is 38.7 Å². The second kappa shape index (κ2) is 8.87. The Hall–Kier alpha value is -2.99. The average Bonchev–Trinajstić information content (AvgIpc) is 3.51. The van der Waals surface area contributed by atoms with Crippen molar-refractivity contribution in [3.8, 4) is 0 Å². The van der Waals surface area contributed by atoms with E-state index in [0.717, 1.165) is 26.0 Å². The number of rotatable bonds is 6. The van der Waals surface area contributed by atoms with Gasteiger partial charge in [0, 0.05) is 20.9 Å². The molecule has 32 heavy (non-hydrogen) atoms. The van der Waals surface area contributed by atoms with Crippen molar-refractivity contribution in [2.75, 3.05) is 0 Å². The fraction of sp³-hybridized carbons (Fsp3) is 0.0741. The lowest BCUT2D eigenvalue weighted by Crippen LogP contribution is -2.37. The first kappa shape index (κ1) is 20.9. The van der Waals surface area contributed by atoms with Crippen molar-refractivity contribution < 1.29 is 5.11 Å². The van der Waals surface area contributed by atoms with Crippen LogP contribution in [0.2, 0.25) is 0 Å². The maximum atomic E-state index is 11.0. The summed E-state index contributed by atoms with van der Waals surface area (Å²) >= 11 is 4.99. The summed E-state index contributed by atoms with van der Waals surface area (Å²) in [4.78, 5) is 5.50. The highest BCUT2D eigenvalue weighted by molar-refractivity contribution is 9.10. The Bertz CT molecular complexity index is 1200. The second-order valence-corrected chi connectivity index (χ2v) is 9.44. The van der Waals surface area contributed by atoms with Crippen molar-refractivity contribution in [2.24, 2.45) is 0 Å². The Labute approximate surface area is 199 Å². The molecule has 5 heteroatoms. The van der Waals surface area contributed by atoms with E-state index >= 15 is 0 Å². The first-order valence-corrected chi connectivity index (χ1v) is 12.0. The molecule has 1 unspecified atom stereocenters. The van der Waals surface area contributed by atoms with Gasteiger partial charge >= 0.3 is 0 Å². The predicted octanol–water partition coefficient (Wildman–Crippen LogP) is 6.63. The lowest BCUT2D eigenvalue weighted by atomic mass is 9.77. The van der Waals surface area contributed by atoms with E-state index in [0.29, 0.717) is 5.69 Å². The number of benzene rings is 3. The molecule has 5 rings (SSSR count). The molecule has 1 N–H and O–H groups in total. The number of hydrogen-bond acceptors (Lipinski definition) is 3. The molecule has 158 valence electrons. The molecule has 0 aliphatic heterocycles. The Kier molecular flexibility index (Phi) is 5.79. The van der Waals surface area contributed by atoms with E-state index in [1.165, 1.54) is 11.3 Å². The zero-order chi connectivity index (χ0) is 22.0. The number of aliphatic hydroxyl groups is 1. The molecule has 0 fully saturated rings. The molecule has 1 atom stereocenters. The van der Waals surface area contributed by atoms with E-state index in [9.17, 15) is 5.11 Å². The molecule has 0 radical (unpaired) electrons. The smallest absolute Gasteiger partial charge is 0.132 e. The highest BCUT2D eigenvalue weighted by Gasteiger charge is 2.38. The van der Waals surface area contributed by atoms with Gasteiger partial charge in [0.05, 0.1) is 12.0 Å². The molecule has 3 nitrogen and oxygen atoms in total. The Morgan fingerprint density at radius 3 is 1.75 bits per heavy atom. The van der Waals surface area contributed by atoms with E-state index in [1.54, 1.807) is 0 Å². The summed E-state index contributed by atoms with van der Waals surface area (Å²) in [5.74, 6) is 0. The van der Waals surface area contributed by atoms with E-state index in [2.05, 4.69) is 98.3 Å². The summed E-state index contributed by atoms with van der Waals surface area (Å²) in [5, 5.41) is 13.0. The average molecular weight is 501 g/mol. The number of hydrogen-bond donors (Lipinski definition) is 1. The minimum Gasteiger partial charge on any atom is -0.381 e. The molecule has 0 spiro atoms. The molecule has 0 saturated heterocycles. The SMILES string of the molecule is OC(c1cn(C(c2ccccc2)(c2ccccc2)c2ccccc2)cn1)c1cc(Br)cs1. The minimum absolute atomic E-state index is 0.617. The molecule has 5 aromatic rings. The predicted molar refractivity (Wildman–Crippen MR) is 133 cm³/mol. The minimum atomic E-state index is -0.785. The summed E-state index contributed by atoms with van der Waals surface area (Å²) in [6.07, 6.45) is 3.01. The van der Waals surface area contributed by atoms with Gasteiger partial charge in [-0.25, -0.2) is 4.98 Å². The summed E-state index contributed by atoms with van der Waals surface area (Å²) in [7, 11) is 0. The zero-order valence-corrected chi connectivity index (χ0v) is 19.6. The number of halogens is 1. The molecule has 0 bridgehead atoms. The van der Waals surface area contributed by atoms with Crippen molar-refractivity contribution >= 4 is 27.3 Å². The molecule has 0 aliphatic carbocycles. The number of thiophene rings is 1. The van der Waals surface area contributed by atoms with E-state index in [1.807, 2.05) is 42.2 Å². The lowest BCUT2D eigenvalue weighted by Gasteiger charge is -2.37. The van der Waals surface area contributed by atoms with Crippen LogP contribution in [0.1, 0.15) is 33.4 Å². The first-order chi connectivity index (χ1) is 15.7. The molecule has 0 aliphatic rings. The van der Waals surface area contributed by atoms with Crippen LogP contribution in [0.3, 0.4) is 0 Å². The lowest BCUT2D eigenvalue weighted by molar-refractivity contribution is 0.219. The van der Waals surface area contributed by atoms with Gasteiger partial charge in [-0.2, -0.15) is 0 Å².